The summed E-state index contributed by atoms with van der Waals surface area (Å²) in [6, 6.07) is 15.5. The standard InChI is InChI=1S/C34H40N4O4/c1-23-9-12-26-30(21-23)42-20-6-17-36-33(41)34(13-4-5-16-35-31(26)39)14-18-38(19-15-34)32(40)27-22-29(24-10-11-24)37-28-8-3-2-7-25(27)28/h2-3,7-9,12,21-22,24H,4-6,10-11,13-20H2,1H3,(H,35,39)(H,36,41). The van der Waals surface area contributed by atoms with Crippen LogP contribution in [0.4, 0.5) is 0 Å². The number of carbonyl (C=O) groups excluding carboxylic acids is 3. The lowest BCUT2D eigenvalue weighted by molar-refractivity contribution is -0.134. The molecule has 1 aromatic heterocycles. The van der Waals surface area contributed by atoms with Crippen LogP contribution in [-0.4, -0.2) is 60.4 Å². The monoisotopic (exact) mass is 568 g/mol. The maximum absolute atomic E-state index is 13.9. The van der Waals surface area contributed by atoms with E-state index in [0.29, 0.717) is 69.3 Å². The molecule has 3 amide bonds. The Balaban J connectivity index is 1.14. The minimum Gasteiger partial charge on any atom is -0.493 e. The largest absolute Gasteiger partial charge is 0.493 e. The van der Waals surface area contributed by atoms with E-state index in [9.17, 15) is 14.4 Å². The first-order chi connectivity index (χ1) is 20.4. The molecular formula is C34H40N4O4. The maximum atomic E-state index is 13.9. The molecule has 1 aliphatic carbocycles. The number of pyridine rings is 1. The molecular weight excluding hydrogens is 528 g/mol. The van der Waals surface area contributed by atoms with Crippen molar-refractivity contribution in [2.75, 3.05) is 32.8 Å². The summed E-state index contributed by atoms with van der Waals surface area (Å²) in [5.41, 5.74) is 3.65. The molecule has 1 saturated carbocycles. The van der Waals surface area contributed by atoms with E-state index >= 15 is 0 Å². The molecule has 8 nitrogen and oxygen atoms in total. The van der Waals surface area contributed by atoms with Crippen LogP contribution < -0.4 is 15.4 Å². The van der Waals surface area contributed by atoms with Crippen LogP contribution in [0, 0.1) is 12.3 Å². The van der Waals surface area contributed by atoms with Crippen LogP contribution in [-0.2, 0) is 4.79 Å². The highest BCUT2D eigenvalue weighted by molar-refractivity contribution is 6.06. The number of para-hydroxylation sites is 1. The summed E-state index contributed by atoms with van der Waals surface area (Å²) in [6.45, 7) is 4.49. The van der Waals surface area contributed by atoms with Gasteiger partial charge in [-0.1, -0.05) is 30.7 Å². The number of piperidine rings is 1. The van der Waals surface area contributed by atoms with Crippen LogP contribution in [0.1, 0.15) is 89.3 Å². The number of benzene rings is 2. The number of hydrogen-bond acceptors (Lipinski definition) is 5. The van der Waals surface area contributed by atoms with Crippen molar-refractivity contribution in [2.24, 2.45) is 5.41 Å². The predicted molar refractivity (Wildman–Crippen MR) is 162 cm³/mol. The van der Waals surface area contributed by atoms with Gasteiger partial charge >= 0.3 is 0 Å². The number of aryl methyl sites for hydroxylation is 1. The quantitative estimate of drug-likeness (QED) is 0.446. The molecule has 42 heavy (non-hydrogen) atoms. The van der Waals surface area contributed by atoms with Gasteiger partial charge in [-0.25, -0.2) is 0 Å². The average molecular weight is 569 g/mol. The summed E-state index contributed by atoms with van der Waals surface area (Å²) in [7, 11) is 0. The van der Waals surface area contributed by atoms with Crippen molar-refractivity contribution in [1.82, 2.24) is 20.5 Å². The fraction of sp³-hybridized carbons (Fsp3) is 0.471. The van der Waals surface area contributed by atoms with E-state index in [0.717, 1.165) is 59.8 Å². The van der Waals surface area contributed by atoms with E-state index in [2.05, 4.69) is 10.6 Å². The van der Waals surface area contributed by atoms with Gasteiger partial charge in [0.2, 0.25) is 5.91 Å². The summed E-state index contributed by atoms with van der Waals surface area (Å²) >= 11 is 0. The molecule has 3 heterocycles. The van der Waals surface area contributed by atoms with Crippen molar-refractivity contribution in [3.8, 4) is 5.75 Å². The lowest BCUT2D eigenvalue weighted by Crippen LogP contribution is -2.50. The number of nitrogens with one attached hydrogen (secondary N) is 2. The fourth-order valence-corrected chi connectivity index (χ4v) is 6.33. The Labute approximate surface area is 247 Å². The molecule has 2 aromatic carbocycles. The number of ether oxygens (including phenoxy) is 1. The van der Waals surface area contributed by atoms with E-state index in [1.54, 1.807) is 0 Å². The number of rotatable bonds is 2. The predicted octanol–water partition coefficient (Wildman–Crippen LogP) is 5.14. The van der Waals surface area contributed by atoms with Crippen LogP contribution in [0.5, 0.6) is 5.75 Å². The number of fused-ring (bicyclic) bond motifs is 2. The third-order valence-corrected chi connectivity index (χ3v) is 9.07. The molecule has 3 aliphatic rings. The molecule has 1 saturated heterocycles. The number of aromatic nitrogens is 1. The van der Waals surface area contributed by atoms with Crippen LogP contribution >= 0.6 is 0 Å². The molecule has 3 aromatic rings. The molecule has 2 aliphatic heterocycles. The number of amides is 3. The zero-order valence-corrected chi connectivity index (χ0v) is 24.4. The second kappa shape index (κ2) is 12.1. The molecule has 2 N–H and O–H groups in total. The Morgan fingerprint density at radius 3 is 2.55 bits per heavy atom. The highest BCUT2D eigenvalue weighted by Crippen LogP contribution is 2.41. The summed E-state index contributed by atoms with van der Waals surface area (Å²) < 4.78 is 5.97. The first kappa shape index (κ1) is 28.2. The molecule has 220 valence electrons. The Bertz CT molecular complexity index is 1490. The third-order valence-electron chi connectivity index (χ3n) is 9.07. The summed E-state index contributed by atoms with van der Waals surface area (Å²) in [6.07, 6.45) is 6.46. The molecule has 0 radical (unpaired) electrons. The number of carbonyl (C=O) groups is 3. The summed E-state index contributed by atoms with van der Waals surface area (Å²) in [4.78, 5) is 47.1. The van der Waals surface area contributed by atoms with Crippen molar-refractivity contribution in [2.45, 2.75) is 64.2 Å². The average Bonchev–Trinajstić information content (AvgIpc) is 3.85. The lowest BCUT2D eigenvalue weighted by Gasteiger charge is -2.41. The van der Waals surface area contributed by atoms with Gasteiger partial charge in [-0.3, -0.25) is 19.4 Å². The van der Waals surface area contributed by atoms with Gasteiger partial charge < -0.3 is 20.3 Å². The Kier molecular flexibility index (Phi) is 8.13. The normalized spacial score (nSPS) is 20.1. The van der Waals surface area contributed by atoms with Gasteiger partial charge in [0.05, 0.1) is 28.7 Å². The smallest absolute Gasteiger partial charge is 0.255 e. The van der Waals surface area contributed by atoms with Crippen LogP contribution in [0.15, 0.2) is 48.5 Å². The van der Waals surface area contributed by atoms with Crippen molar-refractivity contribution >= 4 is 28.6 Å². The molecule has 8 heteroatoms. The highest BCUT2D eigenvalue weighted by Gasteiger charge is 2.42. The van der Waals surface area contributed by atoms with E-state index in [-0.39, 0.29) is 17.7 Å². The second-order valence-electron chi connectivity index (χ2n) is 12.1. The Hall–Kier alpha value is -3.94. The zero-order chi connectivity index (χ0) is 29.1. The van der Waals surface area contributed by atoms with Crippen LogP contribution in [0.3, 0.4) is 0 Å². The fourth-order valence-electron chi connectivity index (χ4n) is 6.33. The van der Waals surface area contributed by atoms with E-state index in [4.69, 9.17) is 9.72 Å². The minimum atomic E-state index is -0.526. The van der Waals surface area contributed by atoms with E-state index in [1.165, 1.54) is 0 Å². The van der Waals surface area contributed by atoms with Gasteiger partial charge in [0.15, 0.2) is 0 Å². The van der Waals surface area contributed by atoms with Crippen LogP contribution in [0.25, 0.3) is 10.9 Å². The lowest BCUT2D eigenvalue weighted by atomic mass is 9.73. The Morgan fingerprint density at radius 2 is 1.74 bits per heavy atom. The first-order valence-electron chi connectivity index (χ1n) is 15.4. The molecule has 1 spiro atoms. The maximum Gasteiger partial charge on any atom is 0.255 e. The van der Waals surface area contributed by atoms with Gasteiger partial charge in [-0.05, 0) is 81.7 Å². The molecule has 6 rings (SSSR count). The highest BCUT2D eigenvalue weighted by atomic mass is 16.5. The van der Waals surface area contributed by atoms with Gasteiger partial charge in [-0.2, -0.15) is 0 Å². The van der Waals surface area contributed by atoms with Crippen molar-refractivity contribution in [1.29, 1.82) is 0 Å². The van der Waals surface area contributed by atoms with Gasteiger partial charge in [-0.15, -0.1) is 0 Å². The number of likely N-dealkylation sites (tertiary alicyclic amines) is 1. The van der Waals surface area contributed by atoms with Crippen LogP contribution in [0.2, 0.25) is 0 Å². The molecule has 2 fully saturated rings. The topological polar surface area (TPSA) is 101 Å². The Morgan fingerprint density at radius 1 is 0.952 bits per heavy atom. The van der Waals surface area contributed by atoms with Gasteiger partial charge in [0, 0.05) is 43.2 Å². The summed E-state index contributed by atoms with van der Waals surface area (Å²) in [5.74, 6) is 0.988. The van der Waals surface area contributed by atoms with Crippen molar-refractivity contribution in [3.63, 3.8) is 0 Å². The molecule has 0 unspecified atom stereocenters. The molecule has 0 atom stereocenters. The first-order valence-corrected chi connectivity index (χ1v) is 15.4. The molecule has 0 bridgehead atoms. The van der Waals surface area contributed by atoms with E-state index in [1.807, 2.05) is 60.4 Å². The summed E-state index contributed by atoms with van der Waals surface area (Å²) in [5, 5.41) is 7.08. The van der Waals surface area contributed by atoms with E-state index < -0.39 is 5.41 Å². The van der Waals surface area contributed by atoms with Gasteiger partial charge in [0.25, 0.3) is 11.8 Å². The third kappa shape index (κ3) is 5.98. The van der Waals surface area contributed by atoms with Gasteiger partial charge in [0.1, 0.15) is 5.75 Å². The SMILES string of the molecule is Cc1ccc2c(c1)OCCCNC(=O)C1(CCCCNC2=O)CCN(C(=O)c2cc(C3CC3)nc3ccccc23)CC1. The van der Waals surface area contributed by atoms with Crippen molar-refractivity contribution < 1.29 is 19.1 Å². The number of nitrogens with zero attached hydrogens (tertiary/aromatic N) is 2. The second-order valence-corrected chi connectivity index (χ2v) is 12.1. The zero-order valence-electron chi connectivity index (χ0n) is 24.4. The van der Waals surface area contributed by atoms with Crippen molar-refractivity contribution in [3.05, 3.63) is 70.9 Å². The minimum absolute atomic E-state index is 0.0255. The number of hydrogen-bond donors (Lipinski definition) is 2.